The van der Waals surface area contributed by atoms with Crippen LogP contribution in [0.5, 0.6) is 0 Å². The largest absolute Gasteiger partial charge is 0.388 e. The number of sulfonamides is 1. The van der Waals surface area contributed by atoms with Gasteiger partial charge in [-0.2, -0.15) is 0 Å². The fourth-order valence-corrected chi connectivity index (χ4v) is 5.66. The maximum Gasteiger partial charge on any atom is 0.251 e. The molecule has 0 bridgehead atoms. The van der Waals surface area contributed by atoms with Crippen molar-refractivity contribution in [1.82, 2.24) is 16.0 Å². The van der Waals surface area contributed by atoms with Crippen molar-refractivity contribution in [2.75, 3.05) is 23.7 Å². The van der Waals surface area contributed by atoms with Crippen LogP contribution in [0.25, 0.3) is 0 Å². The summed E-state index contributed by atoms with van der Waals surface area (Å²) in [6.45, 7) is 8.93. The number of hydrogen-bond donors (Lipinski definition) is 4. The normalized spacial score (nSPS) is 14.0. The first-order chi connectivity index (χ1) is 19.7. The molecule has 0 aliphatic carbocycles. The number of benzene rings is 2. The highest BCUT2D eigenvalue weighted by molar-refractivity contribution is 7.92. The van der Waals surface area contributed by atoms with Crippen molar-refractivity contribution in [3.63, 3.8) is 0 Å². The van der Waals surface area contributed by atoms with Gasteiger partial charge in [0.2, 0.25) is 15.9 Å². The number of anilines is 1. The van der Waals surface area contributed by atoms with E-state index in [0.717, 1.165) is 5.56 Å². The van der Waals surface area contributed by atoms with Gasteiger partial charge in [-0.15, -0.1) is 0 Å². The van der Waals surface area contributed by atoms with Crippen molar-refractivity contribution in [1.29, 1.82) is 0 Å². The molecule has 0 aromatic heterocycles. The Morgan fingerprint density at radius 3 is 2.29 bits per heavy atom. The van der Waals surface area contributed by atoms with Gasteiger partial charge in [-0.25, -0.2) is 8.42 Å². The van der Waals surface area contributed by atoms with E-state index >= 15 is 0 Å². The minimum atomic E-state index is -3.46. The van der Waals surface area contributed by atoms with Gasteiger partial charge in [-0.05, 0) is 63.8 Å². The number of amides is 2. The van der Waals surface area contributed by atoms with E-state index in [9.17, 15) is 27.9 Å². The van der Waals surface area contributed by atoms with Crippen LogP contribution in [0.15, 0.2) is 54.6 Å². The number of carbonyl (C=O) groups excluding carboxylic acids is 3. The fraction of sp³-hybridized carbons (Fsp3) is 0.516. The molecule has 2 aromatic rings. The third kappa shape index (κ3) is 10.5. The first-order valence-corrected chi connectivity index (χ1v) is 16.0. The Morgan fingerprint density at radius 1 is 1.00 bits per heavy atom. The van der Waals surface area contributed by atoms with Crippen molar-refractivity contribution < 1.29 is 27.9 Å². The smallest absolute Gasteiger partial charge is 0.251 e. The van der Waals surface area contributed by atoms with Gasteiger partial charge < -0.3 is 15.7 Å². The molecule has 2 amide bonds. The zero-order valence-electron chi connectivity index (χ0n) is 25.5. The van der Waals surface area contributed by atoms with E-state index in [1.807, 2.05) is 30.3 Å². The molecule has 0 radical (unpaired) electrons. The molecule has 10 nitrogen and oxygen atoms in total. The van der Waals surface area contributed by atoms with Gasteiger partial charge in [0, 0.05) is 31.6 Å². The molecular formula is C31H46N4O6S. The summed E-state index contributed by atoms with van der Waals surface area (Å²) >= 11 is 0. The number of nitrogens with one attached hydrogen (secondary N) is 3. The summed E-state index contributed by atoms with van der Waals surface area (Å²) in [5.74, 6) is -1.27. The van der Waals surface area contributed by atoms with Gasteiger partial charge in [0.1, 0.15) is 0 Å². The van der Waals surface area contributed by atoms with E-state index in [-0.39, 0.29) is 23.4 Å². The summed E-state index contributed by atoms with van der Waals surface area (Å²) in [4.78, 5) is 38.7. The Balaban J connectivity index is 1.90. The Hall–Kier alpha value is -3.28. The minimum absolute atomic E-state index is 0.0149. The predicted octanol–water partition coefficient (Wildman–Crippen LogP) is 3.01. The van der Waals surface area contributed by atoms with E-state index in [0.29, 0.717) is 43.6 Å². The first kappa shape index (κ1) is 34.9. The molecule has 0 saturated heterocycles. The van der Waals surface area contributed by atoms with Crippen molar-refractivity contribution in [2.45, 2.75) is 78.1 Å². The highest BCUT2D eigenvalue weighted by atomic mass is 32.2. The monoisotopic (exact) mass is 602 g/mol. The molecule has 3 atom stereocenters. The van der Waals surface area contributed by atoms with Crippen LogP contribution in [0.3, 0.4) is 0 Å². The lowest BCUT2D eigenvalue weighted by Crippen LogP contribution is -2.58. The van der Waals surface area contributed by atoms with Crippen LogP contribution in [0.2, 0.25) is 0 Å². The number of nitrogens with zero attached hydrogens (tertiary/aromatic N) is 1. The van der Waals surface area contributed by atoms with Gasteiger partial charge in [0.05, 0.1) is 29.1 Å². The Morgan fingerprint density at radius 2 is 1.67 bits per heavy atom. The molecule has 2 aromatic carbocycles. The third-order valence-corrected chi connectivity index (χ3v) is 9.02. The molecular weight excluding hydrogens is 556 g/mol. The van der Waals surface area contributed by atoms with Gasteiger partial charge in [-0.1, -0.05) is 50.2 Å². The topological polar surface area (TPSA) is 145 Å². The van der Waals surface area contributed by atoms with Gasteiger partial charge in [0.25, 0.3) is 5.91 Å². The van der Waals surface area contributed by atoms with Crippen molar-refractivity contribution in [2.24, 2.45) is 5.92 Å². The Kier molecular flexibility index (Phi) is 13.1. The number of carbonyl (C=O) groups is 3. The summed E-state index contributed by atoms with van der Waals surface area (Å²) in [6, 6.07) is 14.2. The number of ketones is 1. The SMILES string of the molecule is CCCS(=O)(=O)N(C)c1cccc(C(=O)NCCC[C@@H](C)C(=O)C(N[C@@H](C)C(=O)NCc2ccccc2)C(C)(C)O)c1. The first-order valence-electron chi connectivity index (χ1n) is 14.4. The predicted molar refractivity (Wildman–Crippen MR) is 166 cm³/mol. The van der Waals surface area contributed by atoms with E-state index in [2.05, 4.69) is 16.0 Å². The number of aliphatic hydroxyl groups is 1. The van der Waals surface area contributed by atoms with Crippen LogP contribution in [0.4, 0.5) is 5.69 Å². The maximum atomic E-state index is 13.3. The summed E-state index contributed by atoms with van der Waals surface area (Å²) < 4.78 is 26.0. The average Bonchev–Trinajstić information content (AvgIpc) is 2.95. The summed E-state index contributed by atoms with van der Waals surface area (Å²) in [7, 11) is -2.00. The van der Waals surface area contributed by atoms with Crippen LogP contribution < -0.4 is 20.3 Å². The second kappa shape index (κ2) is 15.8. The second-order valence-electron chi connectivity index (χ2n) is 11.2. The lowest BCUT2D eigenvalue weighted by molar-refractivity contribution is -0.132. The van der Waals surface area contributed by atoms with E-state index in [1.54, 1.807) is 39.0 Å². The van der Waals surface area contributed by atoms with Crippen LogP contribution >= 0.6 is 0 Å². The molecule has 232 valence electrons. The molecule has 2 rings (SSSR count). The van der Waals surface area contributed by atoms with Crippen molar-refractivity contribution in [3.8, 4) is 0 Å². The third-order valence-electron chi connectivity index (χ3n) is 7.05. The quantitative estimate of drug-likeness (QED) is 0.204. The molecule has 42 heavy (non-hydrogen) atoms. The highest BCUT2D eigenvalue weighted by Crippen LogP contribution is 2.20. The standard InChI is InChI=1S/C31H46N4O6S/c1-7-19-42(40,41)35(6)26-17-11-16-25(20-26)30(38)32-18-12-13-22(2)27(36)28(31(4,5)39)34-23(3)29(37)33-21-24-14-9-8-10-15-24/h8-11,14-17,20,22-23,28,34,39H,7,12-13,18-19,21H2,1-6H3,(H,32,38)(H,33,37)/t22-,23+,28?/m1/s1. The molecule has 0 fully saturated rings. The number of hydrogen-bond acceptors (Lipinski definition) is 7. The zero-order chi connectivity index (χ0) is 31.5. The second-order valence-corrected chi connectivity index (χ2v) is 13.3. The van der Waals surface area contributed by atoms with Gasteiger partial charge in [-0.3, -0.25) is 24.0 Å². The molecule has 11 heteroatoms. The average molecular weight is 603 g/mol. The minimum Gasteiger partial charge on any atom is -0.388 e. The zero-order valence-corrected chi connectivity index (χ0v) is 26.3. The lowest BCUT2D eigenvalue weighted by Gasteiger charge is -2.33. The molecule has 4 N–H and O–H groups in total. The van der Waals surface area contributed by atoms with Gasteiger partial charge in [0.15, 0.2) is 5.78 Å². The van der Waals surface area contributed by atoms with Gasteiger partial charge >= 0.3 is 0 Å². The Labute approximate surface area is 250 Å². The molecule has 1 unspecified atom stereocenters. The highest BCUT2D eigenvalue weighted by Gasteiger charge is 2.37. The van der Waals surface area contributed by atoms with Crippen molar-refractivity contribution >= 4 is 33.3 Å². The van der Waals surface area contributed by atoms with E-state index in [1.165, 1.54) is 31.3 Å². The molecule has 0 heterocycles. The molecule has 0 aliphatic heterocycles. The van der Waals surface area contributed by atoms with Crippen LogP contribution in [-0.2, 0) is 26.2 Å². The molecule has 0 spiro atoms. The molecule has 0 saturated carbocycles. The summed E-state index contributed by atoms with van der Waals surface area (Å²) in [5, 5.41) is 19.4. The number of Topliss-reactive ketones (excluding diaryl/α,β-unsaturated/α-hetero) is 1. The Bertz CT molecular complexity index is 1290. The van der Waals surface area contributed by atoms with Crippen LogP contribution in [-0.4, -0.2) is 68.2 Å². The van der Waals surface area contributed by atoms with E-state index < -0.39 is 33.6 Å². The fourth-order valence-electron chi connectivity index (χ4n) is 4.44. The summed E-state index contributed by atoms with van der Waals surface area (Å²) in [6.07, 6.45) is 1.46. The maximum absolute atomic E-state index is 13.3. The molecule has 0 aliphatic rings. The van der Waals surface area contributed by atoms with E-state index in [4.69, 9.17) is 0 Å². The number of rotatable bonds is 17. The summed E-state index contributed by atoms with van der Waals surface area (Å²) in [5.41, 5.74) is 0.286. The van der Waals surface area contributed by atoms with Crippen LogP contribution in [0.1, 0.15) is 69.8 Å². The van der Waals surface area contributed by atoms with Crippen LogP contribution in [0, 0.1) is 5.92 Å². The van der Waals surface area contributed by atoms with Crippen molar-refractivity contribution in [3.05, 3.63) is 65.7 Å². The lowest BCUT2D eigenvalue weighted by atomic mass is 9.86.